The quantitative estimate of drug-likeness (QED) is 0.188. The molecule has 4 rings (SSSR count). The fourth-order valence-electron chi connectivity index (χ4n) is 9.02. The second-order valence-electron chi connectivity index (χ2n) is 19.3. The summed E-state index contributed by atoms with van der Waals surface area (Å²) in [5.74, 6) is 1.63. The van der Waals surface area contributed by atoms with E-state index >= 15 is 0 Å². The Hall–Kier alpha value is -0.466. The fraction of sp³-hybridized carbons (Fsp3) is 0.850. The van der Waals surface area contributed by atoms with Gasteiger partial charge < -0.3 is 14.0 Å². The molecule has 0 saturated heterocycles. The molecular weight excluding hydrogens is 585 g/mol. The minimum atomic E-state index is -2.02. The lowest BCUT2D eigenvalue weighted by Gasteiger charge is -2.59. The van der Waals surface area contributed by atoms with Crippen molar-refractivity contribution in [3.8, 4) is 0 Å². The maximum absolute atomic E-state index is 11.0. The van der Waals surface area contributed by atoms with Gasteiger partial charge in [0.1, 0.15) is 0 Å². The molecule has 2 fully saturated rings. The third-order valence-electron chi connectivity index (χ3n) is 14.6. The van der Waals surface area contributed by atoms with Crippen molar-refractivity contribution >= 4 is 16.6 Å². The van der Waals surface area contributed by atoms with E-state index in [2.05, 4.69) is 121 Å². The Morgan fingerprint density at radius 1 is 0.911 bits per heavy atom. The van der Waals surface area contributed by atoms with Crippen LogP contribution >= 0.6 is 0 Å². The Kier molecular flexibility index (Phi) is 10.3. The molecule has 0 amide bonds. The SMILES string of the molecule is CCC(O)(CC)CCC(C)C1=CC[C@H]2C3=CC=C4CC(O[Si](C)(C)C(C)(C)C)CC(O[Si](C)(C)C(C)(C)C)[C@]4(C)[C@H]3CC[C@]12C. The molecule has 3 nitrogen and oxygen atoms in total. The van der Waals surface area contributed by atoms with Gasteiger partial charge >= 0.3 is 0 Å². The van der Waals surface area contributed by atoms with Crippen LogP contribution in [0.25, 0.3) is 0 Å². The molecule has 0 aromatic heterocycles. The summed E-state index contributed by atoms with van der Waals surface area (Å²) in [4.78, 5) is 0. The first-order valence-electron chi connectivity index (χ1n) is 18.7. The minimum Gasteiger partial charge on any atom is -0.414 e. The molecule has 0 bridgehead atoms. The number of aliphatic hydroxyl groups is 1. The summed E-state index contributed by atoms with van der Waals surface area (Å²) >= 11 is 0. The number of fused-ring (bicyclic) bond motifs is 5. The summed E-state index contributed by atoms with van der Waals surface area (Å²) in [5, 5.41) is 11.4. The topological polar surface area (TPSA) is 38.7 Å². The van der Waals surface area contributed by atoms with Gasteiger partial charge in [0.25, 0.3) is 0 Å². The van der Waals surface area contributed by atoms with E-state index in [1.54, 1.807) is 16.7 Å². The van der Waals surface area contributed by atoms with Crippen LogP contribution in [0.4, 0.5) is 0 Å². The van der Waals surface area contributed by atoms with Crippen molar-refractivity contribution in [2.45, 2.75) is 188 Å². The van der Waals surface area contributed by atoms with E-state index in [1.165, 1.54) is 12.8 Å². The number of allylic oxidation sites excluding steroid dienone is 5. The van der Waals surface area contributed by atoms with Gasteiger partial charge in [0.15, 0.2) is 16.6 Å². The molecule has 258 valence electrons. The lowest BCUT2D eigenvalue weighted by atomic mass is 9.49. The highest BCUT2D eigenvalue weighted by Gasteiger charge is 2.59. The van der Waals surface area contributed by atoms with Gasteiger partial charge in [-0.1, -0.05) is 111 Å². The van der Waals surface area contributed by atoms with Gasteiger partial charge in [-0.2, -0.15) is 0 Å². The highest BCUT2D eigenvalue weighted by molar-refractivity contribution is 6.74. The van der Waals surface area contributed by atoms with Gasteiger partial charge in [0.05, 0.1) is 17.8 Å². The van der Waals surface area contributed by atoms with Crippen molar-refractivity contribution in [2.24, 2.45) is 28.6 Å². The summed E-state index contributed by atoms with van der Waals surface area (Å²) in [7, 11) is -3.93. The van der Waals surface area contributed by atoms with Gasteiger partial charge in [-0.05, 0) is 117 Å². The molecule has 2 saturated carbocycles. The normalized spacial score (nSPS) is 33.5. The van der Waals surface area contributed by atoms with E-state index in [0.29, 0.717) is 17.8 Å². The predicted octanol–water partition coefficient (Wildman–Crippen LogP) is 11.8. The highest BCUT2D eigenvalue weighted by atomic mass is 28.4. The molecule has 0 aromatic carbocycles. The summed E-state index contributed by atoms with van der Waals surface area (Å²) in [6.07, 6.45) is 17.5. The smallest absolute Gasteiger partial charge is 0.192 e. The third kappa shape index (κ3) is 6.74. The van der Waals surface area contributed by atoms with Crippen molar-refractivity contribution in [1.82, 2.24) is 0 Å². The second kappa shape index (κ2) is 12.5. The maximum atomic E-state index is 11.0. The predicted molar refractivity (Wildman–Crippen MR) is 199 cm³/mol. The molecule has 0 aliphatic heterocycles. The van der Waals surface area contributed by atoms with E-state index in [4.69, 9.17) is 8.85 Å². The standard InChI is InChI=1S/C40H72O3Si2/c1-16-40(41,17-2)25-22-28(3)32-20-21-33-31-19-18-29-26-30(42-44(12,13)36(4,5)6)27-35(43-45(14,15)37(7,8)9)39(29,11)34(31)23-24-38(32,33)10/h18-20,28,30,33-35,41H,16-17,21-27H2,1-15H3/t28?,30?,33-,34-,35?,38+,39-/m0/s1. The molecule has 5 heteroatoms. The summed E-state index contributed by atoms with van der Waals surface area (Å²) in [6.45, 7) is 35.8. The van der Waals surface area contributed by atoms with Crippen LogP contribution < -0.4 is 0 Å². The molecule has 3 unspecified atom stereocenters. The molecule has 0 radical (unpaired) electrons. The molecular formula is C40H72O3Si2. The lowest BCUT2D eigenvalue weighted by molar-refractivity contribution is -0.0390. The molecule has 4 aliphatic carbocycles. The molecule has 0 aromatic rings. The highest BCUT2D eigenvalue weighted by Crippen LogP contribution is 2.65. The largest absolute Gasteiger partial charge is 0.414 e. The zero-order chi connectivity index (χ0) is 34.0. The summed E-state index contributed by atoms with van der Waals surface area (Å²) < 4.78 is 14.7. The Labute approximate surface area is 281 Å². The first-order valence-corrected chi connectivity index (χ1v) is 24.5. The fourth-order valence-corrected chi connectivity index (χ4v) is 11.8. The molecule has 7 atom stereocenters. The van der Waals surface area contributed by atoms with Crippen LogP contribution in [0.2, 0.25) is 36.3 Å². The maximum Gasteiger partial charge on any atom is 0.192 e. The van der Waals surface area contributed by atoms with Crippen LogP contribution in [-0.2, 0) is 8.85 Å². The first kappa shape index (κ1) is 37.4. The lowest BCUT2D eigenvalue weighted by Crippen LogP contribution is -2.58. The van der Waals surface area contributed by atoms with Gasteiger partial charge in [-0.3, -0.25) is 0 Å². The molecule has 4 aliphatic rings. The Morgan fingerprint density at radius 3 is 2.04 bits per heavy atom. The van der Waals surface area contributed by atoms with Crippen LogP contribution in [0.5, 0.6) is 0 Å². The van der Waals surface area contributed by atoms with E-state index < -0.39 is 22.2 Å². The van der Waals surface area contributed by atoms with Crippen molar-refractivity contribution < 1.29 is 14.0 Å². The average molecular weight is 657 g/mol. The van der Waals surface area contributed by atoms with Crippen molar-refractivity contribution in [3.05, 3.63) is 34.9 Å². The number of hydrogen-bond acceptors (Lipinski definition) is 3. The van der Waals surface area contributed by atoms with Gasteiger partial charge in [0.2, 0.25) is 0 Å². The monoisotopic (exact) mass is 657 g/mol. The van der Waals surface area contributed by atoms with E-state index in [9.17, 15) is 5.11 Å². The molecule has 1 N–H and O–H groups in total. The van der Waals surface area contributed by atoms with Crippen molar-refractivity contribution in [3.63, 3.8) is 0 Å². The average Bonchev–Trinajstić information content (AvgIpc) is 3.28. The number of hydrogen-bond donors (Lipinski definition) is 1. The second-order valence-corrected chi connectivity index (χ2v) is 28.8. The first-order chi connectivity index (χ1) is 20.5. The van der Waals surface area contributed by atoms with Crippen molar-refractivity contribution in [1.29, 1.82) is 0 Å². The van der Waals surface area contributed by atoms with Crippen LogP contribution in [0.3, 0.4) is 0 Å². The van der Waals surface area contributed by atoms with Crippen molar-refractivity contribution in [2.75, 3.05) is 0 Å². The Morgan fingerprint density at radius 2 is 1.49 bits per heavy atom. The van der Waals surface area contributed by atoms with Crippen LogP contribution in [0.1, 0.15) is 134 Å². The summed E-state index contributed by atoms with van der Waals surface area (Å²) in [5.41, 5.74) is 4.66. The molecule has 0 spiro atoms. The number of rotatable bonds is 10. The molecule has 45 heavy (non-hydrogen) atoms. The molecule has 0 heterocycles. The van der Waals surface area contributed by atoms with E-state index in [-0.39, 0.29) is 33.1 Å². The zero-order valence-electron chi connectivity index (χ0n) is 32.2. The van der Waals surface area contributed by atoms with Gasteiger partial charge in [0, 0.05) is 5.41 Å². The van der Waals surface area contributed by atoms with E-state index in [1.807, 2.05) is 0 Å². The minimum absolute atomic E-state index is 0.0152. The van der Waals surface area contributed by atoms with Gasteiger partial charge in [-0.25, -0.2) is 0 Å². The zero-order valence-corrected chi connectivity index (χ0v) is 34.2. The van der Waals surface area contributed by atoms with Crippen LogP contribution in [0.15, 0.2) is 34.9 Å². The van der Waals surface area contributed by atoms with E-state index in [0.717, 1.165) is 44.9 Å². The van der Waals surface area contributed by atoms with Crippen LogP contribution in [-0.4, -0.2) is 39.6 Å². The van der Waals surface area contributed by atoms with Crippen LogP contribution in [0, 0.1) is 28.6 Å². The Balaban J connectivity index is 1.66. The third-order valence-corrected chi connectivity index (χ3v) is 23.7. The Bertz CT molecular complexity index is 1180. The summed E-state index contributed by atoms with van der Waals surface area (Å²) in [6, 6.07) is 0. The van der Waals surface area contributed by atoms with Gasteiger partial charge in [-0.15, -0.1) is 0 Å².